The van der Waals surface area contributed by atoms with E-state index in [1.807, 2.05) is 6.07 Å². The molecule has 0 saturated carbocycles. The Hall–Kier alpha value is -3.44. The van der Waals surface area contributed by atoms with Gasteiger partial charge in [-0.15, -0.1) is 0 Å². The van der Waals surface area contributed by atoms with Crippen LogP contribution in [0.15, 0.2) is 35.1 Å². The zero-order valence-corrected chi connectivity index (χ0v) is 15.2. The largest absolute Gasteiger partial charge is 0.465 e. The second-order valence-corrected chi connectivity index (χ2v) is 5.74. The highest BCUT2D eigenvalue weighted by Crippen LogP contribution is 2.12. The molecule has 1 aromatic heterocycles. The molecule has 0 radical (unpaired) electrons. The van der Waals surface area contributed by atoms with Crippen molar-refractivity contribution in [3.05, 3.63) is 63.1 Å². The van der Waals surface area contributed by atoms with Crippen molar-refractivity contribution in [2.45, 2.75) is 20.1 Å². The van der Waals surface area contributed by atoms with Crippen molar-refractivity contribution >= 4 is 17.6 Å². The molecule has 0 bridgehead atoms. The van der Waals surface area contributed by atoms with Gasteiger partial charge in [-0.25, -0.2) is 4.79 Å². The van der Waals surface area contributed by atoms with E-state index in [0.717, 1.165) is 0 Å². The van der Waals surface area contributed by atoms with Gasteiger partial charge in [0.1, 0.15) is 18.2 Å². The molecule has 27 heavy (non-hydrogen) atoms. The molecule has 1 heterocycles. The minimum absolute atomic E-state index is 0.0438. The van der Waals surface area contributed by atoms with Gasteiger partial charge >= 0.3 is 5.97 Å². The Morgan fingerprint density at radius 3 is 2.44 bits per heavy atom. The number of esters is 1. The molecule has 0 atom stereocenters. The number of aromatic nitrogens is 1. The fourth-order valence-corrected chi connectivity index (χ4v) is 2.57. The first-order valence-electron chi connectivity index (χ1n) is 8.01. The Labute approximate surface area is 155 Å². The number of nitrogens with one attached hydrogen (secondary N) is 1. The van der Waals surface area contributed by atoms with Crippen molar-refractivity contribution in [3.63, 3.8) is 0 Å². The summed E-state index contributed by atoms with van der Waals surface area (Å²) in [6.07, 6.45) is 0. The molecule has 8 heteroatoms. The number of carbonyl (C=O) groups excluding carboxylic acids is 2. The van der Waals surface area contributed by atoms with Crippen molar-refractivity contribution in [2.24, 2.45) is 0 Å². The SMILES string of the molecule is COCc1cc(C)n(CC(=O)Nc2ccc(C(=O)OC)cc2)c(=O)c1C#N. The third-order valence-electron chi connectivity index (χ3n) is 3.89. The molecule has 0 aliphatic carbocycles. The predicted octanol–water partition coefficient (Wildman–Crippen LogP) is 1.60. The van der Waals surface area contributed by atoms with Crippen molar-refractivity contribution in [3.8, 4) is 6.07 Å². The fourth-order valence-electron chi connectivity index (χ4n) is 2.57. The fraction of sp³-hybridized carbons (Fsp3) is 0.263. The van der Waals surface area contributed by atoms with Gasteiger partial charge in [-0.1, -0.05) is 0 Å². The van der Waals surface area contributed by atoms with Gasteiger partial charge in [0.05, 0.1) is 19.3 Å². The van der Waals surface area contributed by atoms with Crippen LogP contribution in [0.1, 0.15) is 27.2 Å². The Bertz CT molecular complexity index is 955. The Kier molecular flexibility index (Phi) is 6.46. The monoisotopic (exact) mass is 369 g/mol. The number of rotatable bonds is 6. The average molecular weight is 369 g/mol. The van der Waals surface area contributed by atoms with Gasteiger partial charge < -0.3 is 19.4 Å². The zero-order chi connectivity index (χ0) is 20.0. The van der Waals surface area contributed by atoms with E-state index in [-0.39, 0.29) is 18.7 Å². The van der Waals surface area contributed by atoms with Crippen molar-refractivity contribution in [1.29, 1.82) is 5.26 Å². The van der Waals surface area contributed by atoms with Crippen molar-refractivity contribution < 1.29 is 19.1 Å². The van der Waals surface area contributed by atoms with E-state index >= 15 is 0 Å². The Balaban J connectivity index is 2.20. The molecule has 0 unspecified atom stereocenters. The summed E-state index contributed by atoms with van der Waals surface area (Å²) in [6, 6.07) is 9.68. The van der Waals surface area contributed by atoms with E-state index in [0.29, 0.717) is 22.5 Å². The van der Waals surface area contributed by atoms with E-state index in [1.54, 1.807) is 25.1 Å². The van der Waals surface area contributed by atoms with Gasteiger partial charge in [-0.05, 0) is 37.3 Å². The number of hydrogen-bond acceptors (Lipinski definition) is 6. The molecule has 0 fully saturated rings. The van der Waals surface area contributed by atoms with Crippen LogP contribution in [-0.4, -0.2) is 30.7 Å². The zero-order valence-electron chi connectivity index (χ0n) is 15.2. The van der Waals surface area contributed by atoms with Crippen LogP contribution in [0.4, 0.5) is 5.69 Å². The number of aryl methyl sites for hydroxylation is 1. The van der Waals surface area contributed by atoms with Crippen LogP contribution in [0.3, 0.4) is 0 Å². The maximum Gasteiger partial charge on any atom is 0.337 e. The molecule has 0 saturated heterocycles. The first kappa shape index (κ1) is 19.9. The van der Waals surface area contributed by atoms with Crippen LogP contribution >= 0.6 is 0 Å². The summed E-state index contributed by atoms with van der Waals surface area (Å²) >= 11 is 0. The van der Waals surface area contributed by atoms with Crippen LogP contribution in [0.25, 0.3) is 0 Å². The average Bonchev–Trinajstić information content (AvgIpc) is 2.65. The summed E-state index contributed by atoms with van der Waals surface area (Å²) in [6.45, 7) is 1.57. The lowest BCUT2D eigenvalue weighted by atomic mass is 10.1. The number of nitrogens with zero attached hydrogens (tertiary/aromatic N) is 2. The van der Waals surface area contributed by atoms with Crippen LogP contribution in [-0.2, 0) is 27.4 Å². The first-order valence-corrected chi connectivity index (χ1v) is 8.01. The maximum atomic E-state index is 12.5. The molecule has 140 valence electrons. The number of methoxy groups -OCH3 is 2. The summed E-state index contributed by atoms with van der Waals surface area (Å²) in [7, 11) is 2.76. The highest BCUT2D eigenvalue weighted by atomic mass is 16.5. The van der Waals surface area contributed by atoms with Crippen molar-refractivity contribution in [2.75, 3.05) is 19.5 Å². The number of amides is 1. The summed E-state index contributed by atoms with van der Waals surface area (Å²) in [4.78, 5) is 36.2. The predicted molar refractivity (Wildman–Crippen MR) is 97.3 cm³/mol. The van der Waals surface area contributed by atoms with E-state index in [4.69, 9.17) is 4.74 Å². The molecular weight excluding hydrogens is 350 g/mol. The van der Waals surface area contributed by atoms with Gasteiger partial charge in [0.25, 0.3) is 5.56 Å². The summed E-state index contributed by atoms with van der Waals surface area (Å²) < 4.78 is 10.8. The third kappa shape index (κ3) is 4.59. The standard InChI is InChI=1S/C19H19N3O5/c1-12-8-14(11-26-2)16(9-20)18(24)22(12)10-17(23)21-15-6-4-13(5-7-15)19(25)27-3/h4-8H,10-11H2,1-3H3,(H,21,23). The van der Waals surface area contributed by atoms with Crippen LogP contribution < -0.4 is 10.9 Å². The quantitative estimate of drug-likeness (QED) is 0.775. The molecule has 0 spiro atoms. The summed E-state index contributed by atoms with van der Waals surface area (Å²) in [5, 5.41) is 11.9. The second-order valence-electron chi connectivity index (χ2n) is 5.74. The van der Waals surface area contributed by atoms with Gasteiger partial charge in [0, 0.05) is 24.1 Å². The highest BCUT2D eigenvalue weighted by Gasteiger charge is 2.15. The molecule has 2 aromatic rings. The topological polar surface area (TPSA) is 110 Å². The number of nitriles is 1. The number of hydrogen-bond donors (Lipinski definition) is 1. The lowest BCUT2D eigenvalue weighted by molar-refractivity contribution is -0.116. The Morgan fingerprint density at radius 1 is 1.22 bits per heavy atom. The van der Waals surface area contributed by atoms with Crippen LogP contribution in [0.5, 0.6) is 0 Å². The number of benzene rings is 1. The molecule has 8 nitrogen and oxygen atoms in total. The second kappa shape index (κ2) is 8.78. The smallest absolute Gasteiger partial charge is 0.337 e. The van der Waals surface area contributed by atoms with Gasteiger partial charge in [0.15, 0.2) is 0 Å². The number of carbonyl (C=O) groups is 2. The number of pyridine rings is 1. The van der Waals surface area contributed by atoms with Crippen LogP contribution in [0.2, 0.25) is 0 Å². The van der Waals surface area contributed by atoms with E-state index in [2.05, 4.69) is 10.1 Å². The summed E-state index contributed by atoms with van der Waals surface area (Å²) in [5.74, 6) is -0.912. The van der Waals surface area contributed by atoms with Gasteiger partial charge in [-0.3, -0.25) is 9.59 Å². The molecule has 2 rings (SSSR count). The number of anilines is 1. The molecule has 1 N–H and O–H groups in total. The van der Waals surface area contributed by atoms with E-state index in [1.165, 1.54) is 30.9 Å². The normalized spacial score (nSPS) is 10.1. The van der Waals surface area contributed by atoms with Crippen LogP contribution in [0, 0.1) is 18.3 Å². The first-order chi connectivity index (χ1) is 12.9. The molecule has 0 aliphatic heterocycles. The third-order valence-corrected chi connectivity index (χ3v) is 3.89. The lowest BCUT2D eigenvalue weighted by Crippen LogP contribution is -2.31. The molecule has 1 amide bonds. The van der Waals surface area contributed by atoms with Gasteiger partial charge in [-0.2, -0.15) is 5.26 Å². The maximum absolute atomic E-state index is 12.5. The number of ether oxygens (including phenoxy) is 2. The minimum atomic E-state index is -0.541. The molecule has 0 aliphatic rings. The van der Waals surface area contributed by atoms with Gasteiger partial charge in [0.2, 0.25) is 5.91 Å². The van der Waals surface area contributed by atoms with Crippen molar-refractivity contribution in [1.82, 2.24) is 4.57 Å². The minimum Gasteiger partial charge on any atom is -0.465 e. The summed E-state index contributed by atoms with van der Waals surface area (Å²) in [5.41, 5.74) is 1.27. The Morgan fingerprint density at radius 2 is 1.89 bits per heavy atom. The van der Waals surface area contributed by atoms with E-state index < -0.39 is 17.4 Å². The van der Waals surface area contributed by atoms with E-state index in [9.17, 15) is 19.6 Å². The molecule has 1 aromatic carbocycles. The highest BCUT2D eigenvalue weighted by molar-refractivity contribution is 5.93. The molecular formula is C19H19N3O5. The lowest BCUT2D eigenvalue weighted by Gasteiger charge is -2.13.